The molecule has 3 aromatic rings. The van der Waals surface area contributed by atoms with Crippen LogP contribution >= 0.6 is 11.8 Å². The van der Waals surface area contributed by atoms with Crippen LogP contribution in [0.15, 0.2) is 58.5 Å². The van der Waals surface area contributed by atoms with Crippen LogP contribution in [0.5, 0.6) is 0 Å². The van der Waals surface area contributed by atoms with Gasteiger partial charge in [0, 0.05) is 15.8 Å². The van der Waals surface area contributed by atoms with E-state index in [-0.39, 0.29) is 5.82 Å². The van der Waals surface area contributed by atoms with E-state index in [2.05, 4.69) is 11.1 Å². The number of benzene rings is 2. The normalized spacial score (nSPS) is 12.8. The summed E-state index contributed by atoms with van der Waals surface area (Å²) in [4.78, 5) is 4.17. The van der Waals surface area contributed by atoms with Gasteiger partial charge >= 0.3 is 0 Å². The molecule has 1 heterocycles. The van der Waals surface area contributed by atoms with Crippen molar-refractivity contribution in [1.29, 1.82) is 0 Å². The van der Waals surface area contributed by atoms with Crippen molar-refractivity contribution >= 4 is 22.7 Å². The molecule has 0 aliphatic carbocycles. The van der Waals surface area contributed by atoms with Crippen LogP contribution in [-0.4, -0.2) is 10.1 Å². The molecule has 1 atom stereocenters. The second-order valence-electron chi connectivity index (χ2n) is 4.68. The van der Waals surface area contributed by atoms with Crippen LogP contribution in [0.2, 0.25) is 0 Å². The van der Waals surface area contributed by atoms with Gasteiger partial charge in [0.1, 0.15) is 5.82 Å². The first-order chi connectivity index (χ1) is 9.63. The molecule has 0 aliphatic heterocycles. The molecule has 3 rings (SSSR count). The molecule has 0 saturated carbocycles. The highest BCUT2D eigenvalue weighted by Gasteiger charge is 2.11. The van der Waals surface area contributed by atoms with Crippen molar-refractivity contribution in [3.05, 3.63) is 59.9 Å². The van der Waals surface area contributed by atoms with Crippen molar-refractivity contribution < 1.29 is 9.50 Å². The molecule has 2 nitrogen and oxygen atoms in total. The van der Waals surface area contributed by atoms with Crippen molar-refractivity contribution in [2.45, 2.75) is 22.9 Å². The second-order valence-corrected chi connectivity index (χ2v) is 5.76. The monoisotopic (exact) mass is 287 g/mol. The number of H-pyrrole nitrogens is 1. The highest BCUT2D eigenvalue weighted by molar-refractivity contribution is 7.99. The van der Waals surface area contributed by atoms with Gasteiger partial charge in [-0.1, -0.05) is 30.0 Å². The summed E-state index contributed by atoms with van der Waals surface area (Å²) in [6.45, 7) is 1.64. The standard InChI is InChI=1S/C16H14FNOS/c1-10(19)13-9-12(17)6-7-15(13)20-16-8-11-4-2-3-5-14(11)18-16/h2-10,18-19H,1H3/t10-/m0/s1. The van der Waals surface area contributed by atoms with Gasteiger partial charge in [0.05, 0.1) is 11.1 Å². The zero-order valence-corrected chi connectivity index (χ0v) is 11.7. The molecule has 1 aromatic heterocycles. The Morgan fingerprint density at radius 3 is 2.70 bits per heavy atom. The molecule has 0 bridgehead atoms. The molecule has 0 aliphatic rings. The van der Waals surface area contributed by atoms with Gasteiger partial charge in [-0.05, 0) is 42.8 Å². The summed E-state index contributed by atoms with van der Waals surface area (Å²) in [5, 5.41) is 11.9. The Labute approximate surface area is 120 Å². The van der Waals surface area contributed by atoms with E-state index >= 15 is 0 Å². The SMILES string of the molecule is C[C@H](O)c1cc(F)ccc1Sc1cc2ccccc2[nH]1. The first kappa shape index (κ1) is 13.2. The van der Waals surface area contributed by atoms with Gasteiger partial charge in [-0.3, -0.25) is 0 Å². The summed E-state index contributed by atoms with van der Waals surface area (Å²) in [7, 11) is 0. The molecule has 0 amide bonds. The van der Waals surface area contributed by atoms with Crippen LogP contribution in [0.3, 0.4) is 0 Å². The fraction of sp³-hybridized carbons (Fsp3) is 0.125. The zero-order chi connectivity index (χ0) is 14.1. The van der Waals surface area contributed by atoms with Gasteiger partial charge in [-0.15, -0.1) is 0 Å². The summed E-state index contributed by atoms with van der Waals surface area (Å²) >= 11 is 1.49. The Balaban J connectivity index is 1.98. The van der Waals surface area contributed by atoms with Gasteiger partial charge in [0.15, 0.2) is 0 Å². The molecule has 2 N–H and O–H groups in total. The van der Waals surface area contributed by atoms with Crippen molar-refractivity contribution in [2.75, 3.05) is 0 Å². The van der Waals surface area contributed by atoms with E-state index in [0.717, 1.165) is 20.8 Å². The van der Waals surface area contributed by atoms with Crippen LogP contribution in [0.25, 0.3) is 10.9 Å². The van der Waals surface area contributed by atoms with Crippen LogP contribution in [-0.2, 0) is 0 Å². The van der Waals surface area contributed by atoms with Crippen molar-refractivity contribution in [3.63, 3.8) is 0 Å². The minimum Gasteiger partial charge on any atom is -0.389 e. The Hall–Kier alpha value is -1.78. The number of aliphatic hydroxyl groups is 1. The summed E-state index contributed by atoms with van der Waals surface area (Å²) in [6.07, 6.45) is -0.697. The lowest BCUT2D eigenvalue weighted by atomic mass is 10.1. The number of rotatable bonds is 3. The molecule has 20 heavy (non-hydrogen) atoms. The summed E-state index contributed by atoms with van der Waals surface area (Å²) in [5.74, 6) is -0.332. The van der Waals surface area contributed by atoms with E-state index < -0.39 is 6.10 Å². The van der Waals surface area contributed by atoms with Gasteiger partial charge < -0.3 is 10.1 Å². The maximum Gasteiger partial charge on any atom is 0.123 e. The Morgan fingerprint density at radius 2 is 1.95 bits per heavy atom. The minimum atomic E-state index is -0.697. The minimum absolute atomic E-state index is 0.332. The predicted octanol–water partition coefficient (Wildman–Crippen LogP) is 4.51. The van der Waals surface area contributed by atoms with E-state index in [9.17, 15) is 9.50 Å². The molecular weight excluding hydrogens is 273 g/mol. The van der Waals surface area contributed by atoms with Gasteiger partial charge in [0.2, 0.25) is 0 Å². The maximum atomic E-state index is 13.3. The number of aromatic nitrogens is 1. The third-order valence-corrected chi connectivity index (χ3v) is 4.18. The quantitative estimate of drug-likeness (QED) is 0.743. The lowest BCUT2D eigenvalue weighted by molar-refractivity contribution is 0.196. The number of hydrogen-bond donors (Lipinski definition) is 2. The fourth-order valence-corrected chi connectivity index (χ4v) is 3.23. The Morgan fingerprint density at radius 1 is 1.15 bits per heavy atom. The topological polar surface area (TPSA) is 36.0 Å². The van der Waals surface area contributed by atoms with Crippen LogP contribution < -0.4 is 0 Å². The number of para-hydroxylation sites is 1. The largest absolute Gasteiger partial charge is 0.389 e. The van der Waals surface area contributed by atoms with Gasteiger partial charge in [0.25, 0.3) is 0 Å². The average Bonchev–Trinajstić information content (AvgIpc) is 2.82. The predicted molar refractivity (Wildman–Crippen MR) is 79.5 cm³/mol. The van der Waals surface area contributed by atoms with E-state index in [1.165, 1.54) is 23.9 Å². The zero-order valence-electron chi connectivity index (χ0n) is 10.9. The summed E-state index contributed by atoms with van der Waals surface area (Å²) in [5.41, 5.74) is 1.67. The average molecular weight is 287 g/mol. The maximum absolute atomic E-state index is 13.3. The lowest BCUT2D eigenvalue weighted by Crippen LogP contribution is -1.95. The molecule has 0 fully saturated rings. The third-order valence-electron chi connectivity index (χ3n) is 3.15. The molecule has 2 aromatic carbocycles. The van der Waals surface area contributed by atoms with Crippen LogP contribution in [0.1, 0.15) is 18.6 Å². The molecule has 4 heteroatoms. The van der Waals surface area contributed by atoms with Crippen molar-refractivity contribution in [3.8, 4) is 0 Å². The highest BCUT2D eigenvalue weighted by atomic mass is 32.2. The van der Waals surface area contributed by atoms with Crippen LogP contribution in [0, 0.1) is 5.82 Å². The van der Waals surface area contributed by atoms with E-state index in [4.69, 9.17) is 0 Å². The van der Waals surface area contributed by atoms with Crippen LogP contribution in [0.4, 0.5) is 4.39 Å². The van der Waals surface area contributed by atoms with Crippen molar-refractivity contribution in [2.24, 2.45) is 0 Å². The number of aliphatic hydroxyl groups excluding tert-OH is 1. The van der Waals surface area contributed by atoms with Crippen molar-refractivity contribution in [1.82, 2.24) is 4.98 Å². The highest BCUT2D eigenvalue weighted by Crippen LogP contribution is 2.34. The third kappa shape index (κ3) is 2.57. The fourth-order valence-electron chi connectivity index (χ4n) is 2.16. The molecule has 102 valence electrons. The summed E-state index contributed by atoms with van der Waals surface area (Å²) < 4.78 is 13.3. The Kier molecular flexibility index (Phi) is 3.51. The molecule has 0 saturated heterocycles. The van der Waals surface area contributed by atoms with Gasteiger partial charge in [-0.2, -0.15) is 0 Å². The molecule has 0 unspecified atom stereocenters. The first-order valence-electron chi connectivity index (χ1n) is 6.36. The Bertz CT molecular complexity index is 718. The number of aromatic amines is 1. The molecule has 0 spiro atoms. The number of halogens is 1. The molecule has 0 radical (unpaired) electrons. The number of fused-ring (bicyclic) bond motifs is 1. The van der Waals surface area contributed by atoms with E-state index in [1.807, 2.05) is 24.3 Å². The smallest absolute Gasteiger partial charge is 0.123 e. The number of nitrogens with one attached hydrogen (secondary N) is 1. The number of hydrogen-bond acceptors (Lipinski definition) is 2. The second kappa shape index (κ2) is 5.31. The van der Waals surface area contributed by atoms with E-state index in [0.29, 0.717) is 5.56 Å². The first-order valence-corrected chi connectivity index (χ1v) is 7.18. The van der Waals surface area contributed by atoms with E-state index in [1.54, 1.807) is 13.0 Å². The molecular formula is C16H14FNOS. The summed E-state index contributed by atoms with van der Waals surface area (Å²) in [6, 6.07) is 14.6. The lowest BCUT2D eigenvalue weighted by Gasteiger charge is -2.10. The van der Waals surface area contributed by atoms with Gasteiger partial charge in [-0.25, -0.2) is 4.39 Å².